The van der Waals surface area contributed by atoms with Gasteiger partial charge in [-0.1, -0.05) is 12.1 Å². The molecule has 162 valence electrons. The molecule has 0 saturated carbocycles. The second-order valence-electron chi connectivity index (χ2n) is 7.20. The molecule has 0 N–H and O–H groups in total. The summed E-state index contributed by atoms with van der Waals surface area (Å²) in [5.74, 6) is 0.00766. The number of benzene rings is 2. The number of amides is 1. The van der Waals surface area contributed by atoms with Gasteiger partial charge in [0, 0.05) is 26.2 Å². The fourth-order valence-corrected chi connectivity index (χ4v) is 4.84. The van der Waals surface area contributed by atoms with Gasteiger partial charge in [-0.2, -0.15) is 0 Å². The molecule has 1 atom stereocenters. The van der Waals surface area contributed by atoms with Crippen molar-refractivity contribution >= 4 is 27.3 Å². The van der Waals surface area contributed by atoms with E-state index in [1.54, 1.807) is 54.3 Å². The fraction of sp³-hybridized carbons (Fsp3) is 0.381. The highest BCUT2D eigenvalue weighted by molar-refractivity contribution is 7.92. The highest BCUT2D eigenvalue weighted by Gasteiger charge is 2.33. The molecule has 0 spiro atoms. The van der Waals surface area contributed by atoms with Crippen LogP contribution in [0.2, 0.25) is 0 Å². The molecule has 1 aliphatic heterocycles. The summed E-state index contributed by atoms with van der Waals surface area (Å²) in [7, 11) is -2.17. The van der Waals surface area contributed by atoms with Crippen LogP contribution in [0.1, 0.15) is 6.92 Å². The van der Waals surface area contributed by atoms with E-state index in [-0.39, 0.29) is 11.7 Å². The molecule has 1 aliphatic rings. The van der Waals surface area contributed by atoms with Crippen molar-refractivity contribution in [3.05, 3.63) is 54.3 Å². The summed E-state index contributed by atoms with van der Waals surface area (Å²) < 4.78 is 45.2. The Kier molecular flexibility index (Phi) is 6.50. The van der Waals surface area contributed by atoms with Crippen LogP contribution in [0.5, 0.6) is 5.75 Å². The van der Waals surface area contributed by atoms with E-state index in [1.165, 1.54) is 13.2 Å². The number of methoxy groups -OCH3 is 1. The SMILES string of the molecule is COc1ccc(N([C@H](C)C(=O)N2CCN(c3ccccc3F)CC2)S(C)(=O)=O)cc1. The lowest BCUT2D eigenvalue weighted by Gasteiger charge is -2.39. The normalized spacial score (nSPS) is 15.6. The average Bonchev–Trinajstić information content (AvgIpc) is 2.73. The molecule has 2 aromatic carbocycles. The molecule has 0 unspecified atom stereocenters. The molecule has 0 bridgehead atoms. The maximum atomic E-state index is 14.0. The van der Waals surface area contributed by atoms with Gasteiger partial charge in [0.15, 0.2) is 0 Å². The molecular weight excluding hydrogens is 409 g/mol. The Hall–Kier alpha value is -2.81. The number of hydrogen-bond donors (Lipinski definition) is 0. The van der Waals surface area contributed by atoms with E-state index in [9.17, 15) is 17.6 Å². The Morgan fingerprint density at radius 1 is 1.07 bits per heavy atom. The molecule has 2 aromatic rings. The van der Waals surface area contributed by atoms with Gasteiger partial charge in [-0.05, 0) is 43.3 Å². The number of sulfonamides is 1. The lowest BCUT2D eigenvalue weighted by Crippen LogP contribution is -2.55. The minimum Gasteiger partial charge on any atom is -0.497 e. The molecule has 1 amide bonds. The van der Waals surface area contributed by atoms with Crippen molar-refractivity contribution in [2.45, 2.75) is 13.0 Å². The standard InChI is InChI=1S/C21H26FN3O4S/c1-16(25(30(3,27)28)17-8-10-18(29-2)11-9-17)21(26)24-14-12-23(13-15-24)20-7-5-4-6-19(20)22/h4-11,16H,12-15H2,1-3H3/t16-/m1/s1. The third-order valence-corrected chi connectivity index (χ3v) is 6.42. The van der Waals surface area contributed by atoms with Crippen molar-refractivity contribution in [3.8, 4) is 5.75 Å². The van der Waals surface area contributed by atoms with Gasteiger partial charge < -0.3 is 14.5 Å². The molecular formula is C21H26FN3O4S. The zero-order chi connectivity index (χ0) is 21.9. The third-order valence-electron chi connectivity index (χ3n) is 5.18. The van der Waals surface area contributed by atoms with Crippen LogP contribution < -0.4 is 13.9 Å². The van der Waals surface area contributed by atoms with Crippen LogP contribution in [0.4, 0.5) is 15.8 Å². The molecule has 1 saturated heterocycles. The van der Waals surface area contributed by atoms with E-state index in [2.05, 4.69) is 0 Å². The molecule has 9 heteroatoms. The number of rotatable bonds is 6. The van der Waals surface area contributed by atoms with Crippen LogP contribution in [0.25, 0.3) is 0 Å². The Balaban J connectivity index is 1.73. The topological polar surface area (TPSA) is 70.2 Å². The number of ether oxygens (including phenoxy) is 1. The van der Waals surface area contributed by atoms with Crippen molar-refractivity contribution in [2.75, 3.05) is 48.7 Å². The number of hydrogen-bond acceptors (Lipinski definition) is 5. The van der Waals surface area contributed by atoms with Crippen molar-refractivity contribution < 1.29 is 22.3 Å². The maximum absolute atomic E-state index is 14.0. The second-order valence-corrected chi connectivity index (χ2v) is 9.06. The van der Waals surface area contributed by atoms with E-state index in [1.807, 2.05) is 4.90 Å². The van der Waals surface area contributed by atoms with Gasteiger partial charge in [-0.3, -0.25) is 9.10 Å². The third kappa shape index (κ3) is 4.67. The highest BCUT2D eigenvalue weighted by Crippen LogP contribution is 2.25. The molecule has 3 rings (SSSR count). The van der Waals surface area contributed by atoms with Gasteiger partial charge in [-0.25, -0.2) is 12.8 Å². The second kappa shape index (κ2) is 8.91. The molecule has 1 fully saturated rings. The molecule has 1 heterocycles. The predicted octanol–water partition coefficient (Wildman–Crippen LogP) is 2.34. The Morgan fingerprint density at radius 2 is 1.67 bits per heavy atom. The van der Waals surface area contributed by atoms with Crippen molar-refractivity contribution in [1.82, 2.24) is 4.90 Å². The Bertz CT molecular complexity index is 990. The van der Waals surface area contributed by atoms with Gasteiger partial charge in [-0.15, -0.1) is 0 Å². The van der Waals surface area contributed by atoms with Gasteiger partial charge in [0.25, 0.3) is 0 Å². The first kappa shape index (κ1) is 21.9. The Labute approximate surface area is 176 Å². The minimum atomic E-state index is -3.69. The average molecular weight is 436 g/mol. The summed E-state index contributed by atoms with van der Waals surface area (Å²) >= 11 is 0. The molecule has 0 aromatic heterocycles. The molecule has 7 nitrogen and oxygen atoms in total. The first-order valence-corrected chi connectivity index (χ1v) is 11.5. The molecule has 0 radical (unpaired) electrons. The monoisotopic (exact) mass is 435 g/mol. The highest BCUT2D eigenvalue weighted by atomic mass is 32.2. The van der Waals surface area contributed by atoms with Crippen molar-refractivity contribution in [2.24, 2.45) is 0 Å². The number of piperazine rings is 1. The largest absolute Gasteiger partial charge is 0.497 e. The summed E-state index contributed by atoms with van der Waals surface area (Å²) in [4.78, 5) is 16.6. The minimum absolute atomic E-state index is 0.288. The van der Waals surface area contributed by atoms with E-state index in [0.29, 0.717) is 43.3 Å². The fourth-order valence-electron chi connectivity index (χ4n) is 3.67. The number of carbonyl (C=O) groups excluding carboxylic acids is 1. The summed E-state index contributed by atoms with van der Waals surface area (Å²) in [6.07, 6.45) is 1.08. The van der Waals surface area contributed by atoms with E-state index < -0.39 is 16.1 Å². The Morgan fingerprint density at radius 3 is 2.20 bits per heavy atom. The van der Waals surface area contributed by atoms with Crippen molar-refractivity contribution in [1.29, 1.82) is 0 Å². The number of nitrogens with zero attached hydrogens (tertiary/aromatic N) is 3. The summed E-state index contributed by atoms with van der Waals surface area (Å²) in [5, 5.41) is 0. The van der Waals surface area contributed by atoms with Crippen LogP contribution in [-0.2, 0) is 14.8 Å². The zero-order valence-corrected chi connectivity index (χ0v) is 18.1. The summed E-state index contributed by atoms with van der Waals surface area (Å²) in [6, 6.07) is 12.2. The van der Waals surface area contributed by atoms with Gasteiger partial charge in [0.05, 0.1) is 24.7 Å². The first-order valence-electron chi connectivity index (χ1n) is 9.64. The summed E-state index contributed by atoms with van der Waals surface area (Å²) in [6.45, 7) is 3.30. The van der Waals surface area contributed by atoms with Crippen LogP contribution >= 0.6 is 0 Å². The van der Waals surface area contributed by atoms with Crippen molar-refractivity contribution in [3.63, 3.8) is 0 Å². The quantitative estimate of drug-likeness (QED) is 0.697. The molecule has 30 heavy (non-hydrogen) atoms. The van der Waals surface area contributed by atoms with Gasteiger partial charge >= 0.3 is 0 Å². The van der Waals surface area contributed by atoms with E-state index in [4.69, 9.17) is 4.74 Å². The van der Waals surface area contributed by atoms with Crippen LogP contribution in [0.15, 0.2) is 48.5 Å². The molecule has 0 aliphatic carbocycles. The van der Waals surface area contributed by atoms with Crippen LogP contribution in [-0.4, -0.2) is 64.8 Å². The maximum Gasteiger partial charge on any atom is 0.246 e. The first-order chi connectivity index (χ1) is 14.2. The lowest BCUT2D eigenvalue weighted by atomic mass is 10.2. The smallest absolute Gasteiger partial charge is 0.246 e. The number of anilines is 2. The number of para-hydroxylation sites is 1. The number of carbonyl (C=O) groups is 1. The summed E-state index contributed by atoms with van der Waals surface area (Å²) in [5.41, 5.74) is 0.901. The van der Waals surface area contributed by atoms with Gasteiger partial charge in [0.2, 0.25) is 15.9 Å². The number of halogens is 1. The van der Waals surface area contributed by atoms with E-state index >= 15 is 0 Å². The van der Waals surface area contributed by atoms with Crippen LogP contribution in [0.3, 0.4) is 0 Å². The van der Waals surface area contributed by atoms with Crippen LogP contribution in [0, 0.1) is 5.82 Å². The zero-order valence-electron chi connectivity index (χ0n) is 17.3. The van der Waals surface area contributed by atoms with Gasteiger partial charge in [0.1, 0.15) is 17.6 Å². The predicted molar refractivity (Wildman–Crippen MR) is 115 cm³/mol. The van der Waals surface area contributed by atoms with E-state index in [0.717, 1.165) is 10.6 Å². The lowest BCUT2D eigenvalue weighted by molar-refractivity contribution is -0.132.